The van der Waals surface area contributed by atoms with Crippen LogP contribution < -0.4 is 52.5 Å². The highest BCUT2D eigenvalue weighted by molar-refractivity contribution is 8.76. The first-order valence-electron chi connectivity index (χ1n) is 22.7. The Balaban J connectivity index is 0.000000342. The molecule has 14 N–H and O–H groups in total. The van der Waals surface area contributed by atoms with Crippen molar-refractivity contribution in [3.05, 3.63) is 122 Å². The maximum Gasteiger partial charge on any atom is 0.226 e. The predicted molar refractivity (Wildman–Crippen MR) is 288 cm³/mol. The maximum atomic E-state index is 12.3. The minimum atomic E-state index is 0.0337. The van der Waals surface area contributed by atoms with Gasteiger partial charge in [-0.25, -0.2) is 0 Å². The van der Waals surface area contributed by atoms with Crippen molar-refractivity contribution < 1.29 is 39.1 Å². The molecule has 4 aromatic carbocycles. The molecule has 0 aliphatic heterocycles. The number of nitrogens with two attached hydrogens (primary N) is 4. The molecule has 0 aliphatic rings. The molecule has 6 aromatic rings. The Labute approximate surface area is 419 Å². The highest BCUT2D eigenvalue weighted by Gasteiger charge is 2.14. The zero-order valence-corrected chi connectivity index (χ0v) is 41.9. The highest BCUT2D eigenvalue weighted by Crippen LogP contribution is 2.21. The third-order valence-corrected chi connectivity index (χ3v) is 12.8. The number of carbonyl (C=O) groups excluding carboxylic acids is 2. The number of rotatable bonds is 24. The van der Waals surface area contributed by atoms with Crippen LogP contribution in [0.25, 0.3) is 21.8 Å². The van der Waals surface area contributed by atoms with E-state index in [1.54, 1.807) is 45.9 Å². The van der Waals surface area contributed by atoms with Crippen LogP contribution in [0.5, 0.6) is 0 Å². The van der Waals surface area contributed by atoms with Gasteiger partial charge in [0.05, 0.1) is 55.0 Å². The van der Waals surface area contributed by atoms with E-state index in [9.17, 15) is 9.59 Å². The van der Waals surface area contributed by atoms with Crippen LogP contribution in [0, 0.1) is 0 Å². The minimum Gasteiger partial charge on any atom is -0.399 e. The number of amides is 2. The van der Waals surface area contributed by atoms with Crippen molar-refractivity contribution in [3.8, 4) is 0 Å². The summed E-state index contributed by atoms with van der Waals surface area (Å²) in [6.45, 7) is 4.98. The van der Waals surface area contributed by atoms with Crippen molar-refractivity contribution in [1.82, 2.24) is 10.6 Å². The van der Waals surface area contributed by atoms with Crippen LogP contribution in [0.3, 0.4) is 0 Å². The molecule has 69 heavy (non-hydrogen) atoms. The topological polar surface area (TPSA) is 257 Å². The molecule has 0 saturated heterocycles. The number of nitrogen functional groups attached to an aromatic ring is 4. The van der Waals surface area contributed by atoms with E-state index in [0.29, 0.717) is 70.0 Å². The molecule has 0 unspecified atom stereocenters. The molecule has 0 atom stereocenters. The fourth-order valence-corrected chi connectivity index (χ4v) is 8.80. The van der Waals surface area contributed by atoms with Crippen LogP contribution in [-0.2, 0) is 22.7 Å². The number of aliphatic hydroxyl groups is 4. The molecule has 0 bridgehead atoms. The summed E-state index contributed by atoms with van der Waals surface area (Å²) in [4.78, 5) is 28.3. The second kappa shape index (κ2) is 33.7. The summed E-state index contributed by atoms with van der Waals surface area (Å²) in [7, 11) is 3.40. The molecule has 0 aliphatic carbocycles. The second-order valence-corrected chi connectivity index (χ2v) is 17.9. The maximum absolute atomic E-state index is 12.3. The molecule has 2 aromatic heterocycles. The monoisotopic (exact) mass is 1010 g/mol. The van der Waals surface area contributed by atoms with Gasteiger partial charge in [-0.15, -0.1) is 11.6 Å². The van der Waals surface area contributed by atoms with Crippen molar-refractivity contribution in [2.45, 2.75) is 32.4 Å². The van der Waals surface area contributed by atoms with Gasteiger partial charge in [0.2, 0.25) is 22.8 Å². The minimum absolute atomic E-state index is 0.0337. The van der Waals surface area contributed by atoms with Gasteiger partial charge in [-0.3, -0.25) is 9.59 Å². The third-order valence-electron chi connectivity index (χ3n) is 10.4. The number of anilines is 6. The number of aryl methyl sites for hydroxylation is 2. The SMILES string of the molecule is CCl.Nc1cc[n+](CCCC(=O)NCCSSCCNC(=O)CC[n+]2ccc(N)c3ccccc32)c2ccccc12.Nc1ccc(N(CCO)CCO)cc1.Nc1ccc(N(CCO)CCO)cc1. The van der Waals surface area contributed by atoms with E-state index in [1.807, 2.05) is 107 Å². The fourth-order valence-electron chi connectivity index (χ4n) is 6.99. The van der Waals surface area contributed by atoms with Gasteiger partial charge in [0.15, 0.2) is 18.9 Å². The lowest BCUT2D eigenvalue weighted by atomic mass is 10.2. The molecular formula is C50H71ClN10O6S2+2. The van der Waals surface area contributed by atoms with Crippen LogP contribution in [0.1, 0.15) is 19.3 Å². The van der Waals surface area contributed by atoms with Crippen LogP contribution in [0.4, 0.5) is 34.1 Å². The summed E-state index contributed by atoms with van der Waals surface area (Å²) in [6.07, 6.45) is 7.04. The lowest BCUT2D eigenvalue weighted by Gasteiger charge is -2.22. The largest absolute Gasteiger partial charge is 0.399 e. The number of alkyl halides is 1. The zero-order valence-electron chi connectivity index (χ0n) is 39.5. The molecule has 2 heterocycles. The Kier molecular flexibility index (Phi) is 28.1. The van der Waals surface area contributed by atoms with E-state index in [4.69, 9.17) is 43.4 Å². The molecule has 0 spiro atoms. The molecule has 6 rings (SSSR count). The third kappa shape index (κ3) is 20.8. The zero-order chi connectivity index (χ0) is 50.2. The Morgan fingerprint density at radius 2 is 0.913 bits per heavy atom. The molecule has 16 nitrogen and oxygen atoms in total. The predicted octanol–water partition coefficient (Wildman–Crippen LogP) is 4.19. The number of fused-ring (bicyclic) bond motifs is 2. The first kappa shape index (κ1) is 57.6. The van der Waals surface area contributed by atoms with E-state index in [1.165, 1.54) is 6.38 Å². The summed E-state index contributed by atoms with van der Waals surface area (Å²) < 4.78 is 4.20. The lowest BCUT2D eigenvalue weighted by molar-refractivity contribution is -0.671. The number of pyridine rings is 2. The highest BCUT2D eigenvalue weighted by atomic mass is 35.5. The van der Waals surface area contributed by atoms with E-state index in [2.05, 4.69) is 31.4 Å². The van der Waals surface area contributed by atoms with Crippen molar-refractivity contribution in [1.29, 1.82) is 0 Å². The number of para-hydroxylation sites is 2. The fraction of sp³-hybridized carbons (Fsp3) is 0.360. The average molecular weight is 1010 g/mol. The summed E-state index contributed by atoms with van der Waals surface area (Å²) in [5.74, 6) is 1.74. The first-order chi connectivity index (χ1) is 33.6. The Morgan fingerprint density at radius 3 is 1.32 bits per heavy atom. The van der Waals surface area contributed by atoms with Crippen molar-refractivity contribution >= 4 is 101 Å². The number of aliphatic hydroxyl groups excluding tert-OH is 4. The normalized spacial score (nSPS) is 10.5. The van der Waals surface area contributed by atoms with E-state index >= 15 is 0 Å². The van der Waals surface area contributed by atoms with Crippen molar-refractivity contribution in [2.24, 2.45) is 0 Å². The standard InChI is InChI=1S/C29H34N6O2S2.2C10H16N2O2.CH3Cl/c30-24-11-17-34(26-8-3-1-6-22(24)26)16-5-10-28(36)32-14-20-38-39-21-15-33-29(37)13-19-35-18-12-25(31)23-7-2-4-9-27(23)35;2*11-9-1-3-10(4-2-9)12(5-7-13)6-8-14;1-2/h1-4,6-9,11-12,17-18,30-31H,5,10,13-16,19-21H2,(H2,32,33,36,37);2*1-4,13-14H,5-8,11H2;1H3/p+2. The van der Waals surface area contributed by atoms with E-state index in [-0.39, 0.29) is 38.2 Å². The van der Waals surface area contributed by atoms with Crippen LogP contribution in [0.15, 0.2) is 122 Å². The molecule has 0 radical (unpaired) electrons. The van der Waals surface area contributed by atoms with Gasteiger partial charge < -0.3 is 63.8 Å². The van der Waals surface area contributed by atoms with Gasteiger partial charge in [0.1, 0.15) is 6.54 Å². The van der Waals surface area contributed by atoms with Gasteiger partial charge in [-0.05, 0) is 60.7 Å². The molecule has 2 amide bonds. The molecular weight excluding hydrogens is 936 g/mol. The number of aromatic nitrogens is 2. The Morgan fingerprint density at radius 1 is 0.536 bits per heavy atom. The van der Waals surface area contributed by atoms with Gasteiger partial charge in [-0.1, -0.05) is 45.9 Å². The average Bonchev–Trinajstić information content (AvgIpc) is 3.37. The number of halogens is 1. The Hall–Kier alpha value is -5.73. The number of hydrogen-bond acceptors (Lipinski definition) is 14. The van der Waals surface area contributed by atoms with E-state index < -0.39 is 0 Å². The van der Waals surface area contributed by atoms with Gasteiger partial charge in [0, 0.05) is 117 Å². The van der Waals surface area contributed by atoms with Crippen molar-refractivity contribution in [2.75, 3.05) is 116 Å². The van der Waals surface area contributed by atoms with Crippen LogP contribution in [0.2, 0.25) is 0 Å². The van der Waals surface area contributed by atoms with Gasteiger partial charge in [-0.2, -0.15) is 9.13 Å². The van der Waals surface area contributed by atoms with Crippen LogP contribution in [-0.4, -0.2) is 116 Å². The smallest absolute Gasteiger partial charge is 0.226 e. The van der Waals surface area contributed by atoms with Crippen molar-refractivity contribution in [3.63, 3.8) is 0 Å². The number of nitrogens with zero attached hydrogens (tertiary/aromatic N) is 4. The Bertz CT molecular complexity index is 2320. The second-order valence-electron chi connectivity index (χ2n) is 15.2. The molecule has 0 fully saturated rings. The quantitative estimate of drug-likeness (QED) is 0.0134. The van der Waals surface area contributed by atoms with E-state index in [0.717, 1.165) is 69.0 Å². The number of benzene rings is 4. The first-order valence-corrected chi connectivity index (χ1v) is 26.0. The summed E-state index contributed by atoms with van der Waals surface area (Å²) in [5, 5.41) is 43.3. The molecule has 374 valence electrons. The van der Waals surface area contributed by atoms with Crippen LogP contribution >= 0.6 is 33.2 Å². The number of hydrogen-bond donors (Lipinski definition) is 10. The molecule has 0 saturated carbocycles. The summed E-state index contributed by atoms with van der Waals surface area (Å²) >= 11 is 4.64. The van der Waals surface area contributed by atoms with Gasteiger partial charge >= 0.3 is 0 Å². The lowest BCUT2D eigenvalue weighted by Crippen LogP contribution is -2.38. The van der Waals surface area contributed by atoms with Gasteiger partial charge in [0.25, 0.3) is 0 Å². The summed E-state index contributed by atoms with van der Waals surface area (Å²) in [6, 6.07) is 34.5. The number of nitrogens with one attached hydrogen (secondary N) is 2. The molecule has 19 heteroatoms. The summed E-state index contributed by atoms with van der Waals surface area (Å²) in [5.41, 5.74) is 30.2. The number of carbonyl (C=O) groups is 2.